The monoisotopic (exact) mass is 465 g/mol. The van der Waals surface area contributed by atoms with Gasteiger partial charge >= 0.3 is 0 Å². The third-order valence-corrected chi connectivity index (χ3v) is 5.20. The third-order valence-electron chi connectivity index (χ3n) is 4.96. The lowest BCUT2D eigenvalue weighted by Gasteiger charge is -2.10. The molecule has 2 heterocycles. The van der Waals surface area contributed by atoms with E-state index in [1.54, 1.807) is 35.0 Å². The van der Waals surface area contributed by atoms with Gasteiger partial charge in [-0.1, -0.05) is 23.7 Å². The van der Waals surface area contributed by atoms with Gasteiger partial charge in [-0.05, 0) is 55.8 Å². The zero-order valence-corrected chi connectivity index (χ0v) is 19.1. The van der Waals surface area contributed by atoms with E-state index in [2.05, 4.69) is 15.4 Å². The lowest BCUT2D eigenvalue weighted by molar-refractivity contribution is 0.0952. The molecule has 33 heavy (non-hydrogen) atoms. The van der Waals surface area contributed by atoms with Crippen molar-refractivity contribution in [1.29, 1.82) is 0 Å². The van der Waals surface area contributed by atoms with Gasteiger partial charge in [-0.2, -0.15) is 5.10 Å². The van der Waals surface area contributed by atoms with E-state index in [0.717, 1.165) is 11.3 Å². The fourth-order valence-corrected chi connectivity index (χ4v) is 3.65. The summed E-state index contributed by atoms with van der Waals surface area (Å²) < 4.78 is 8.73. The molecule has 0 aliphatic heterocycles. The Morgan fingerprint density at radius 2 is 1.97 bits per heavy atom. The van der Waals surface area contributed by atoms with Gasteiger partial charge in [0.1, 0.15) is 17.5 Å². The first-order valence-corrected chi connectivity index (χ1v) is 11.0. The number of nitrogens with zero attached hydrogens (tertiary/aromatic N) is 4. The highest BCUT2D eigenvalue weighted by molar-refractivity contribution is 6.30. The first-order chi connectivity index (χ1) is 15.9. The second-order valence-corrected chi connectivity index (χ2v) is 8.30. The number of carbonyl (C=O) groups excluding carboxylic acids is 1. The van der Waals surface area contributed by atoms with Crippen molar-refractivity contribution in [2.24, 2.45) is 0 Å². The number of amides is 1. The molecule has 9 heteroatoms. The summed E-state index contributed by atoms with van der Waals surface area (Å²) >= 11 is 6.03. The zero-order valence-electron chi connectivity index (χ0n) is 18.4. The molecule has 1 amide bonds. The molecule has 0 aliphatic carbocycles. The van der Waals surface area contributed by atoms with Crippen molar-refractivity contribution in [2.75, 3.05) is 6.54 Å². The van der Waals surface area contributed by atoms with Gasteiger partial charge in [0, 0.05) is 17.1 Å². The molecule has 0 bridgehead atoms. The molecule has 0 unspecified atom stereocenters. The fraction of sp³-hybridized carbons (Fsp3) is 0.250. The number of rotatable bonds is 8. The molecular formula is C24H24ClN5O3. The van der Waals surface area contributed by atoms with E-state index in [4.69, 9.17) is 16.3 Å². The van der Waals surface area contributed by atoms with Crippen LogP contribution in [0.15, 0.2) is 65.8 Å². The van der Waals surface area contributed by atoms with Crippen LogP contribution in [0.5, 0.6) is 5.75 Å². The van der Waals surface area contributed by atoms with Gasteiger partial charge in [0.05, 0.1) is 25.4 Å². The number of carbonyl (C=O) groups is 1. The van der Waals surface area contributed by atoms with Gasteiger partial charge in [0.25, 0.3) is 11.5 Å². The molecule has 2 aromatic carbocycles. The van der Waals surface area contributed by atoms with Crippen LogP contribution in [0.4, 0.5) is 0 Å². The number of ether oxygens (including phenoxy) is 1. The summed E-state index contributed by atoms with van der Waals surface area (Å²) in [6.07, 6.45) is 3.08. The Labute approximate surface area is 195 Å². The molecule has 8 nitrogen and oxygen atoms in total. The Kier molecular flexibility index (Phi) is 6.74. The van der Waals surface area contributed by atoms with E-state index in [9.17, 15) is 9.59 Å². The highest BCUT2D eigenvalue weighted by Crippen LogP contribution is 2.14. The van der Waals surface area contributed by atoms with E-state index in [1.165, 1.54) is 17.1 Å². The van der Waals surface area contributed by atoms with E-state index >= 15 is 0 Å². The Hall–Kier alpha value is -3.65. The van der Waals surface area contributed by atoms with Crippen molar-refractivity contribution in [3.8, 4) is 5.75 Å². The van der Waals surface area contributed by atoms with Gasteiger partial charge in [-0.15, -0.1) is 0 Å². The second kappa shape index (κ2) is 9.87. The number of nitrogens with one attached hydrogen (secondary N) is 1. The van der Waals surface area contributed by atoms with Crippen LogP contribution >= 0.6 is 11.6 Å². The molecular weight excluding hydrogens is 442 g/mol. The van der Waals surface area contributed by atoms with Crippen LogP contribution in [0, 0.1) is 0 Å². The molecule has 170 valence electrons. The summed E-state index contributed by atoms with van der Waals surface area (Å²) in [7, 11) is 0. The van der Waals surface area contributed by atoms with Crippen LogP contribution in [0.3, 0.4) is 0 Å². The quantitative estimate of drug-likeness (QED) is 0.430. The third kappa shape index (κ3) is 5.40. The van der Waals surface area contributed by atoms with Crippen LogP contribution in [0.2, 0.25) is 5.02 Å². The van der Waals surface area contributed by atoms with Gasteiger partial charge in [-0.3, -0.25) is 14.2 Å². The Morgan fingerprint density at radius 1 is 1.18 bits per heavy atom. The number of hydrogen-bond donors (Lipinski definition) is 1. The fourth-order valence-electron chi connectivity index (χ4n) is 3.44. The standard InChI is InChI=1S/C24H24ClN5O3/c1-16(2)33-20-8-6-18(7-9-20)23(31)26-10-11-30-22-21(13-28-30)24(32)29(15-27-22)14-17-4-3-5-19(25)12-17/h3-9,12-13,15-16H,10-11,14H2,1-2H3,(H,26,31). The largest absolute Gasteiger partial charge is 0.491 e. The topological polar surface area (TPSA) is 91.0 Å². The minimum atomic E-state index is -0.195. The maximum atomic E-state index is 12.8. The average molecular weight is 466 g/mol. The van der Waals surface area contributed by atoms with Gasteiger partial charge < -0.3 is 10.1 Å². The first-order valence-electron chi connectivity index (χ1n) is 10.6. The van der Waals surface area contributed by atoms with Crippen molar-refractivity contribution in [3.05, 3.63) is 87.6 Å². The second-order valence-electron chi connectivity index (χ2n) is 7.86. The molecule has 0 aliphatic rings. The molecule has 0 fully saturated rings. The van der Waals surface area contributed by atoms with Crippen molar-refractivity contribution in [2.45, 2.75) is 33.0 Å². The Morgan fingerprint density at radius 3 is 2.70 bits per heavy atom. The normalized spacial score (nSPS) is 11.2. The SMILES string of the molecule is CC(C)Oc1ccc(C(=O)NCCn2ncc3c(=O)n(Cc4cccc(Cl)c4)cnc32)cc1. The van der Waals surface area contributed by atoms with Crippen LogP contribution in [-0.4, -0.2) is 37.9 Å². The van der Waals surface area contributed by atoms with E-state index < -0.39 is 0 Å². The van der Waals surface area contributed by atoms with Crippen LogP contribution in [0.1, 0.15) is 29.8 Å². The van der Waals surface area contributed by atoms with Crippen LogP contribution in [-0.2, 0) is 13.1 Å². The smallest absolute Gasteiger partial charge is 0.264 e. The molecule has 0 atom stereocenters. The molecule has 1 N–H and O–H groups in total. The number of fused-ring (bicyclic) bond motifs is 1. The lowest BCUT2D eigenvalue weighted by atomic mass is 10.2. The molecule has 0 saturated heterocycles. The maximum absolute atomic E-state index is 12.8. The Bertz CT molecular complexity index is 1330. The van der Waals surface area contributed by atoms with E-state index in [0.29, 0.717) is 41.3 Å². The maximum Gasteiger partial charge on any atom is 0.264 e. The first kappa shape index (κ1) is 22.5. The predicted octanol–water partition coefficient (Wildman–Crippen LogP) is 3.51. The lowest BCUT2D eigenvalue weighted by Crippen LogP contribution is -2.27. The van der Waals surface area contributed by atoms with Crippen molar-refractivity contribution in [1.82, 2.24) is 24.6 Å². The highest BCUT2D eigenvalue weighted by Gasteiger charge is 2.12. The number of benzene rings is 2. The number of halogens is 1. The summed E-state index contributed by atoms with van der Waals surface area (Å²) in [5, 5.41) is 8.18. The summed E-state index contributed by atoms with van der Waals surface area (Å²) in [4.78, 5) is 29.7. The van der Waals surface area contributed by atoms with Crippen molar-refractivity contribution in [3.63, 3.8) is 0 Å². The van der Waals surface area contributed by atoms with Crippen molar-refractivity contribution < 1.29 is 9.53 Å². The summed E-state index contributed by atoms with van der Waals surface area (Å²) in [5.41, 5.74) is 1.74. The molecule has 0 spiro atoms. The minimum absolute atomic E-state index is 0.0723. The molecule has 4 rings (SSSR count). The average Bonchev–Trinajstić information content (AvgIpc) is 3.19. The van der Waals surface area contributed by atoms with E-state index in [1.807, 2.05) is 32.0 Å². The van der Waals surface area contributed by atoms with E-state index in [-0.39, 0.29) is 17.6 Å². The van der Waals surface area contributed by atoms with Gasteiger partial charge in [0.2, 0.25) is 0 Å². The number of aromatic nitrogens is 4. The summed E-state index contributed by atoms with van der Waals surface area (Å²) in [6, 6.07) is 14.3. The van der Waals surface area contributed by atoms with Gasteiger partial charge in [0.15, 0.2) is 5.65 Å². The predicted molar refractivity (Wildman–Crippen MR) is 127 cm³/mol. The molecule has 2 aromatic heterocycles. The van der Waals surface area contributed by atoms with Crippen LogP contribution < -0.4 is 15.6 Å². The summed E-state index contributed by atoms with van der Waals surface area (Å²) in [5.74, 6) is 0.524. The minimum Gasteiger partial charge on any atom is -0.491 e. The van der Waals surface area contributed by atoms with Crippen LogP contribution in [0.25, 0.3) is 11.0 Å². The van der Waals surface area contributed by atoms with Gasteiger partial charge in [-0.25, -0.2) is 9.67 Å². The molecule has 0 radical (unpaired) electrons. The summed E-state index contributed by atoms with van der Waals surface area (Å²) in [6.45, 7) is 4.98. The number of hydrogen-bond acceptors (Lipinski definition) is 5. The zero-order chi connectivity index (χ0) is 23.4. The molecule has 0 saturated carbocycles. The van der Waals surface area contributed by atoms with Crippen molar-refractivity contribution >= 4 is 28.5 Å². The molecule has 4 aromatic rings. The highest BCUT2D eigenvalue weighted by atomic mass is 35.5. The Balaban J connectivity index is 1.39.